The zero-order valence-corrected chi connectivity index (χ0v) is 15.4. The Morgan fingerprint density at radius 3 is 2.48 bits per heavy atom. The van der Waals surface area contributed by atoms with E-state index < -0.39 is 4.92 Å². The number of carbonyl (C=O) groups excluding carboxylic acids is 2. The third kappa shape index (κ3) is 2.13. The number of nitrogens with zero attached hydrogens (tertiary/aromatic N) is 3. The van der Waals surface area contributed by atoms with Crippen LogP contribution in [0.3, 0.4) is 0 Å². The molecule has 2 heterocycles. The van der Waals surface area contributed by atoms with Gasteiger partial charge in [-0.05, 0) is 55.6 Å². The predicted octanol–water partition coefficient (Wildman–Crippen LogP) is 3.40. The number of rotatable bonds is 3. The first-order chi connectivity index (χ1) is 13.0. The molecule has 2 aromatic rings. The van der Waals surface area contributed by atoms with Gasteiger partial charge in [-0.1, -0.05) is 0 Å². The summed E-state index contributed by atoms with van der Waals surface area (Å²) < 4.78 is 0. The van der Waals surface area contributed by atoms with Crippen LogP contribution in [0.25, 0.3) is 10.9 Å². The summed E-state index contributed by atoms with van der Waals surface area (Å²) in [7, 11) is 0. The van der Waals surface area contributed by atoms with Crippen molar-refractivity contribution >= 4 is 45.9 Å². The van der Waals surface area contributed by atoms with Gasteiger partial charge in [-0.3, -0.25) is 24.7 Å². The van der Waals surface area contributed by atoms with Crippen LogP contribution in [0, 0.1) is 33.8 Å². The van der Waals surface area contributed by atoms with E-state index in [0.29, 0.717) is 33.3 Å². The Bertz CT molecular complexity index is 995. The minimum absolute atomic E-state index is 0.0336. The van der Waals surface area contributed by atoms with Crippen LogP contribution >= 0.6 is 11.8 Å². The fourth-order valence-electron chi connectivity index (χ4n) is 5.35. The van der Waals surface area contributed by atoms with E-state index in [1.165, 1.54) is 22.9 Å². The summed E-state index contributed by atoms with van der Waals surface area (Å²) in [5.74, 6) is -0.210. The van der Waals surface area contributed by atoms with Gasteiger partial charge in [-0.25, -0.2) is 4.90 Å². The van der Waals surface area contributed by atoms with Crippen molar-refractivity contribution in [3.8, 4) is 0 Å². The minimum atomic E-state index is -0.428. The molecule has 2 aliphatic carbocycles. The zero-order valence-electron chi connectivity index (χ0n) is 14.6. The van der Waals surface area contributed by atoms with Gasteiger partial charge >= 0.3 is 0 Å². The van der Waals surface area contributed by atoms with E-state index in [2.05, 4.69) is 4.98 Å². The highest BCUT2D eigenvalue weighted by atomic mass is 32.2. The topological polar surface area (TPSA) is 93.4 Å². The largest absolute Gasteiger partial charge is 0.292 e. The molecule has 1 aromatic heterocycles. The summed E-state index contributed by atoms with van der Waals surface area (Å²) in [6, 6.07) is 4.84. The number of anilines is 1. The van der Waals surface area contributed by atoms with Crippen LogP contribution in [-0.2, 0) is 9.59 Å². The van der Waals surface area contributed by atoms with Crippen LogP contribution in [-0.4, -0.2) is 28.0 Å². The van der Waals surface area contributed by atoms with E-state index in [1.807, 2.05) is 0 Å². The van der Waals surface area contributed by atoms with Crippen molar-refractivity contribution in [3.05, 3.63) is 34.5 Å². The van der Waals surface area contributed by atoms with Crippen LogP contribution in [0.5, 0.6) is 0 Å². The van der Waals surface area contributed by atoms with E-state index >= 15 is 0 Å². The van der Waals surface area contributed by atoms with Gasteiger partial charge in [-0.15, -0.1) is 11.8 Å². The molecule has 1 saturated heterocycles. The third-order valence-corrected chi connectivity index (χ3v) is 7.13. The van der Waals surface area contributed by atoms with Crippen molar-refractivity contribution in [2.24, 2.45) is 23.7 Å². The van der Waals surface area contributed by atoms with Crippen LogP contribution in [0.2, 0.25) is 0 Å². The summed E-state index contributed by atoms with van der Waals surface area (Å²) in [4.78, 5) is 43.6. The second-order valence-electron chi connectivity index (χ2n) is 7.50. The zero-order chi connectivity index (χ0) is 18.9. The number of nitro groups is 1. The van der Waals surface area contributed by atoms with Gasteiger partial charge in [0, 0.05) is 6.20 Å². The molecule has 7 nitrogen and oxygen atoms in total. The average Bonchev–Trinajstić information content (AvgIpc) is 3.34. The molecule has 0 radical (unpaired) electrons. The lowest BCUT2D eigenvalue weighted by Gasteiger charge is -2.19. The molecule has 2 saturated carbocycles. The quantitative estimate of drug-likeness (QED) is 0.349. The number of amides is 2. The second kappa shape index (κ2) is 5.76. The highest BCUT2D eigenvalue weighted by molar-refractivity contribution is 7.98. The highest BCUT2D eigenvalue weighted by Crippen LogP contribution is 2.57. The van der Waals surface area contributed by atoms with Gasteiger partial charge in [0.15, 0.2) is 0 Å². The van der Waals surface area contributed by atoms with E-state index in [9.17, 15) is 19.7 Å². The summed E-state index contributed by atoms with van der Waals surface area (Å²) in [5, 5.41) is 12.0. The van der Waals surface area contributed by atoms with Gasteiger partial charge in [0.2, 0.25) is 11.8 Å². The Morgan fingerprint density at radius 2 is 1.89 bits per heavy atom. The van der Waals surface area contributed by atoms with E-state index in [1.54, 1.807) is 24.5 Å². The molecule has 2 amide bonds. The Labute approximate surface area is 159 Å². The number of imide groups is 1. The van der Waals surface area contributed by atoms with E-state index in [-0.39, 0.29) is 29.3 Å². The first-order valence-corrected chi connectivity index (χ1v) is 10.2. The molecule has 8 heteroatoms. The number of benzene rings is 1. The van der Waals surface area contributed by atoms with Crippen molar-refractivity contribution in [1.29, 1.82) is 0 Å². The maximum Gasteiger partial charge on any atom is 0.292 e. The first-order valence-electron chi connectivity index (χ1n) is 9.01. The van der Waals surface area contributed by atoms with E-state index in [4.69, 9.17) is 0 Å². The number of fused-ring (bicyclic) bond motifs is 6. The van der Waals surface area contributed by atoms with Gasteiger partial charge in [0.1, 0.15) is 5.52 Å². The predicted molar refractivity (Wildman–Crippen MR) is 100 cm³/mol. The number of nitro benzene ring substituents is 1. The first kappa shape index (κ1) is 16.7. The van der Waals surface area contributed by atoms with Crippen LogP contribution in [0.4, 0.5) is 11.4 Å². The van der Waals surface area contributed by atoms with Gasteiger partial charge in [0.05, 0.1) is 32.7 Å². The van der Waals surface area contributed by atoms with Crippen LogP contribution in [0.1, 0.15) is 19.3 Å². The van der Waals surface area contributed by atoms with Gasteiger partial charge < -0.3 is 0 Å². The van der Waals surface area contributed by atoms with Crippen molar-refractivity contribution in [2.45, 2.75) is 24.2 Å². The summed E-state index contributed by atoms with van der Waals surface area (Å²) in [6.07, 6.45) is 6.26. The Hall–Kier alpha value is -2.48. The molecule has 27 heavy (non-hydrogen) atoms. The number of thioether (sulfide) groups is 1. The van der Waals surface area contributed by atoms with E-state index in [0.717, 1.165) is 19.3 Å². The van der Waals surface area contributed by atoms with Gasteiger partial charge in [-0.2, -0.15) is 0 Å². The Morgan fingerprint density at radius 1 is 1.22 bits per heavy atom. The molecule has 1 aliphatic heterocycles. The number of carbonyl (C=O) groups is 2. The van der Waals surface area contributed by atoms with Crippen molar-refractivity contribution in [3.63, 3.8) is 0 Å². The van der Waals surface area contributed by atoms with Crippen molar-refractivity contribution < 1.29 is 14.5 Å². The van der Waals surface area contributed by atoms with Crippen LogP contribution < -0.4 is 4.90 Å². The normalized spacial score (nSPS) is 29.0. The molecule has 1 aromatic carbocycles. The molecular weight excluding hydrogens is 366 g/mol. The number of pyridine rings is 1. The molecule has 0 spiro atoms. The molecule has 2 bridgehead atoms. The highest BCUT2D eigenvalue weighted by Gasteiger charge is 2.61. The lowest BCUT2D eigenvalue weighted by atomic mass is 9.81. The minimum Gasteiger partial charge on any atom is -0.274 e. The fraction of sp³-hybridized carbons (Fsp3) is 0.421. The fourth-order valence-corrected chi connectivity index (χ4v) is 5.96. The maximum absolute atomic E-state index is 13.2. The summed E-state index contributed by atoms with van der Waals surface area (Å²) >= 11 is 1.23. The summed E-state index contributed by atoms with van der Waals surface area (Å²) in [5.41, 5.74) is 0.675. The van der Waals surface area contributed by atoms with Gasteiger partial charge in [0.25, 0.3) is 5.69 Å². The standard InChI is InChI=1S/C19H17N3O4S/c1-27-13-8-12(16-11(3-2-6-20-16)17(13)22(25)26)21-18(23)14-9-4-5-10(7-9)15(14)19(21)24/h2-3,6,8-10,14-15H,4-5,7H2,1H3/t9?,10?,14-,15+. The van der Waals surface area contributed by atoms with Crippen molar-refractivity contribution in [1.82, 2.24) is 4.98 Å². The smallest absolute Gasteiger partial charge is 0.274 e. The third-order valence-electron chi connectivity index (χ3n) is 6.38. The molecule has 138 valence electrons. The molecule has 4 atom stereocenters. The molecule has 0 N–H and O–H groups in total. The SMILES string of the molecule is CSc1cc(N2C(=O)[C@@H]3C4CCC(C4)[C@@H]3C2=O)c2ncccc2c1[N+](=O)[O-]. The number of hydrogen-bond donors (Lipinski definition) is 0. The molecule has 2 unspecified atom stereocenters. The monoisotopic (exact) mass is 383 g/mol. The molecule has 3 fully saturated rings. The second-order valence-corrected chi connectivity index (χ2v) is 8.35. The lowest BCUT2D eigenvalue weighted by molar-refractivity contribution is -0.385. The maximum atomic E-state index is 13.2. The van der Waals surface area contributed by atoms with Crippen molar-refractivity contribution in [2.75, 3.05) is 11.2 Å². The number of hydrogen-bond acceptors (Lipinski definition) is 6. The lowest BCUT2D eigenvalue weighted by Crippen LogP contribution is -2.33. The Balaban J connectivity index is 1.72. The molecule has 3 aliphatic rings. The summed E-state index contributed by atoms with van der Waals surface area (Å²) in [6.45, 7) is 0. The molecular formula is C19H17N3O4S. The van der Waals surface area contributed by atoms with Crippen LogP contribution in [0.15, 0.2) is 29.3 Å². The Kier molecular flexibility index (Phi) is 3.56. The number of aromatic nitrogens is 1. The average molecular weight is 383 g/mol. The molecule has 5 rings (SSSR count).